The van der Waals surface area contributed by atoms with E-state index in [1.54, 1.807) is 25.3 Å². The second-order valence-electron chi connectivity index (χ2n) is 5.92. The topological polar surface area (TPSA) is 68.6 Å². The number of methoxy groups -OCH3 is 1. The third-order valence-corrected chi connectivity index (χ3v) is 3.85. The number of benzene rings is 2. The molecule has 3 aromatic rings. The van der Waals surface area contributed by atoms with Gasteiger partial charge >= 0.3 is 0 Å². The molecule has 0 aliphatic rings. The molecule has 3 N–H and O–H groups in total. The molecule has 0 fully saturated rings. The molecule has 24 heavy (non-hydrogen) atoms. The highest BCUT2D eigenvalue weighted by Crippen LogP contribution is 2.31. The highest BCUT2D eigenvalue weighted by Gasteiger charge is 2.14. The van der Waals surface area contributed by atoms with Gasteiger partial charge in [-0.1, -0.05) is 18.2 Å². The van der Waals surface area contributed by atoms with Crippen molar-refractivity contribution in [1.82, 2.24) is 0 Å². The number of hydrogen-bond donors (Lipinski definition) is 2. The number of fused-ring (bicyclic) bond motifs is 1. The van der Waals surface area contributed by atoms with Crippen molar-refractivity contribution in [3.8, 4) is 11.5 Å². The van der Waals surface area contributed by atoms with E-state index in [1.807, 2.05) is 43.3 Å². The number of nitrogens with two attached hydrogens (primary N) is 1. The normalized spacial score (nSPS) is 12.8. The lowest BCUT2D eigenvalue weighted by Gasteiger charge is -2.04. The van der Waals surface area contributed by atoms with Crippen LogP contribution in [0.25, 0.3) is 23.1 Å². The molecule has 1 heterocycles. The van der Waals surface area contributed by atoms with E-state index >= 15 is 0 Å². The van der Waals surface area contributed by atoms with Crippen molar-refractivity contribution in [2.45, 2.75) is 19.4 Å². The lowest BCUT2D eigenvalue weighted by atomic mass is 10.0. The number of furan rings is 1. The van der Waals surface area contributed by atoms with E-state index in [2.05, 4.69) is 0 Å². The van der Waals surface area contributed by atoms with Gasteiger partial charge in [0, 0.05) is 17.0 Å². The maximum Gasteiger partial charge on any atom is 0.135 e. The van der Waals surface area contributed by atoms with Crippen LogP contribution in [0.2, 0.25) is 0 Å². The average Bonchev–Trinajstić information content (AvgIpc) is 2.90. The van der Waals surface area contributed by atoms with Gasteiger partial charge in [-0.2, -0.15) is 0 Å². The summed E-state index contributed by atoms with van der Waals surface area (Å²) in [6.45, 7) is 1.96. The van der Waals surface area contributed by atoms with Crippen LogP contribution in [0, 0.1) is 0 Å². The second kappa shape index (κ2) is 6.81. The quantitative estimate of drug-likeness (QED) is 0.738. The van der Waals surface area contributed by atoms with Crippen molar-refractivity contribution < 1.29 is 14.3 Å². The van der Waals surface area contributed by atoms with Crippen molar-refractivity contribution >= 4 is 23.1 Å². The van der Waals surface area contributed by atoms with Crippen LogP contribution in [0.15, 0.2) is 46.9 Å². The smallest absolute Gasteiger partial charge is 0.135 e. The Morgan fingerprint density at radius 3 is 2.79 bits per heavy atom. The van der Waals surface area contributed by atoms with E-state index in [-0.39, 0.29) is 11.8 Å². The third kappa shape index (κ3) is 3.44. The minimum atomic E-state index is -0.00267. The second-order valence-corrected chi connectivity index (χ2v) is 5.92. The standard InChI is InChI=1S/C20H21NO3/c1-13(21)10-17-18-12-15(22)7-9-20(18)24-19(17)8-6-14-4-3-5-16(11-14)23-2/h3-9,11-13,22H,10,21H2,1-2H3/b8-6+. The van der Waals surface area contributed by atoms with Crippen LogP contribution in [0.1, 0.15) is 23.8 Å². The Bertz CT molecular complexity index is 878. The molecule has 0 bridgehead atoms. The molecule has 0 amide bonds. The van der Waals surface area contributed by atoms with Gasteiger partial charge in [-0.25, -0.2) is 0 Å². The number of phenolic OH excluding ortho intramolecular Hbond substituents is 1. The van der Waals surface area contributed by atoms with Crippen LogP contribution < -0.4 is 10.5 Å². The predicted octanol–water partition coefficient (Wildman–Crippen LogP) is 4.21. The Morgan fingerprint density at radius 2 is 2.04 bits per heavy atom. The van der Waals surface area contributed by atoms with E-state index in [0.29, 0.717) is 6.42 Å². The Morgan fingerprint density at radius 1 is 1.21 bits per heavy atom. The molecule has 0 radical (unpaired) electrons. The van der Waals surface area contributed by atoms with Crippen LogP contribution in [-0.4, -0.2) is 18.3 Å². The van der Waals surface area contributed by atoms with Gasteiger partial charge in [0.25, 0.3) is 0 Å². The SMILES string of the molecule is COc1cccc(/C=C/c2oc3ccc(O)cc3c2CC(C)N)c1. The molecule has 3 rings (SSSR count). The molecule has 1 unspecified atom stereocenters. The number of rotatable bonds is 5. The fourth-order valence-electron chi connectivity index (χ4n) is 2.74. The first-order chi connectivity index (χ1) is 11.6. The van der Waals surface area contributed by atoms with Gasteiger partial charge in [-0.3, -0.25) is 0 Å². The molecule has 4 heteroatoms. The monoisotopic (exact) mass is 323 g/mol. The Labute approximate surface area is 141 Å². The van der Waals surface area contributed by atoms with E-state index in [0.717, 1.165) is 33.6 Å². The summed E-state index contributed by atoms with van der Waals surface area (Å²) in [4.78, 5) is 0. The van der Waals surface area contributed by atoms with Crippen LogP contribution >= 0.6 is 0 Å². The molecule has 0 saturated carbocycles. The summed E-state index contributed by atoms with van der Waals surface area (Å²) < 4.78 is 11.2. The summed E-state index contributed by atoms with van der Waals surface area (Å²) in [5, 5.41) is 10.7. The van der Waals surface area contributed by atoms with Crippen molar-refractivity contribution in [2.24, 2.45) is 5.73 Å². The van der Waals surface area contributed by atoms with E-state index < -0.39 is 0 Å². The minimum absolute atomic E-state index is 0.00267. The molecule has 1 atom stereocenters. The minimum Gasteiger partial charge on any atom is -0.508 e. The molecule has 0 aliphatic carbocycles. The van der Waals surface area contributed by atoms with Gasteiger partial charge in [-0.15, -0.1) is 0 Å². The zero-order valence-electron chi connectivity index (χ0n) is 13.8. The Balaban J connectivity index is 2.02. The van der Waals surface area contributed by atoms with Gasteiger partial charge in [0.1, 0.15) is 22.8 Å². The molecule has 1 aromatic heterocycles. The molecule has 0 saturated heterocycles. The summed E-state index contributed by atoms with van der Waals surface area (Å²) in [5.41, 5.74) is 8.75. The van der Waals surface area contributed by atoms with Crippen molar-refractivity contribution in [3.05, 3.63) is 59.4 Å². The maximum atomic E-state index is 9.76. The fraction of sp³-hybridized carbons (Fsp3) is 0.200. The average molecular weight is 323 g/mol. The third-order valence-electron chi connectivity index (χ3n) is 3.85. The largest absolute Gasteiger partial charge is 0.508 e. The highest BCUT2D eigenvalue weighted by atomic mass is 16.5. The number of ether oxygens (including phenoxy) is 1. The first kappa shape index (κ1) is 16.1. The molecule has 0 aliphatic heterocycles. The fourth-order valence-corrected chi connectivity index (χ4v) is 2.74. The number of aromatic hydroxyl groups is 1. The van der Waals surface area contributed by atoms with Gasteiger partial charge in [-0.05, 0) is 55.3 Å². The van der Waals surface area contributed by atoms with Crippen molar-refractivity contribution in [2.75, 3.05) is 7.11 Å². The number of phenols is 1. The summed E-state index contributed by atoms with van der Waals surface area (Å²) in [7, 11) is 1.65. The molecular weight excluding hydrogens is 302 g/mol. The molecule has 0 spiro atoms. The van der Waals surface area contributed by atoms with Crippen molar-refractivity contribution in [1.29, 1.82) is 0 Å². The summed E-state index contributed by atoms with van der Waals surface area (Å²) in [6.07, 6.45) is 4.59. The summed E-state index contributed by atoms with van der Waals surface area (Å²) in [6, 6.07) is 12.9. The van der Waals surface area contributed by atoms with Crippen LogP contribution in [0.5, 0.6) is 11.5 Å². The van der Waals surface area contributed by atoms with Crippen LogP contribution in [0.3, 0.4) is 0 Å². The summed E-state index contributed by atoms with van der Waals surface area (Å²) >= 11 is 0. The lowest BCUT2D eigenvalue weighted by molar-refractivity contribution is 0.414. The Kier molecular flexibility index (Phi) is 4.58. The number of hydrogen-bond acceptors (Lipinski definition) is 4. The summed E-state index contributed by atoms with van der Waals surface area (Å²) in [5.74, 6) is 1.79. The van der Waals surface area contributed by atoms with Gasteiger partial charge in [0.15, 0.2) is 0 Å². The predicted molar refractivity (Wildman–Crippen MR) is 97.2 cm³/mol. The van der Waals surface area contributed by atoms with Gasteiger partial charge in [0.05, 0.1) is 7.11 Å². The zero-order valence-corrected chi connectivity index (χ0v) is 13.8. The van der Waals surface area contributed by atoms with Crippen LogP contribution in [0.4, 0.5) is 0 Å². The molecule has 4 nitrogen and oxygen atoms in total. The first-order valence-corrected chi connectivity index (χ1v) is 7.89. The van der Waals surface area contributed by atoms with Gasteiger partial charge < -0.3 is 20.0 Å². The highest BCUT2D eigenvalue weighted by molar-refractivity contribution is 5.87. The van der Waals surface area contributed by atoms with Crippen molar-refractivity contribution in [3.63, 3.8) is 0 Å². The maximum absolute atomic E-state index is 9.76. The molecule has 124 valence electrons. The molecular formula is C20H21NO3. The Hall–Kier alpha value is -2.72. The lowest BCUT2D eigenvalue weighted by Crippen LogP contribution is -2.17. The zero-order chi connectivity index (χ0) is 17.1. The van der Waals surface area contributed by atoms with Crippen LogP contribution in [-0.2, 0) is 6.42 Å². The van der Waals surface area contributed by atoms with Gasteiger partial charge in [0.2, 0.25) is 0 Å². The van der Waals surface area contributed by atoms with E-state index in [4.69, 9.17) is 14.9 Å². The first-order valence-electron chi connectivity index (χ1n) is 7.89. The van der Waals surface area contributed by atoms with E-state index in [9.17, 15) is 5.11 Å². The molecule has 2 aromatic carbocycles. The van der Waals surface area contributed by atoms with E-state index in [1.165, 1.54) is 0 Å².